The van der Waals surface area contributed by atoms with Crippen LogP contribution in [0.1, 0.15) is 19.3 Å². The molecule has 0 saturated carbocycles. The lowest BCUT2D eigenvalue weighted by molar-refractivity contribution is -0.0905. The molecule has 174 valence electrons. The van der Waals surface area contributed by atoms with E-state index in [1.807, 2.05) is 53.3 Å². The highest BCUT2D eigenvalue weighted by Crippen LogP contribution is 2.25. The number of anilines is 1. The Kier molecular flexibility index (Phi) is 7.54. The van der Waals surface area contributed by atoms with Crippen molar-refractivity contribution in [2.75, 3.05) is 19.0 Å². The fourth-order valence-electron chi connectivity index (χ4n) is 4.01. The number of para-hydroxylation sites is 2. The molecule has 3 atom stereocenters. The number of nitrogens with one attached hydrogen (secondary N) is 2. The van der Waals surface area contributed by atoms with E-state index in [0.29, 0.717) is 24.4 Å². The van der Waals surface area contributed by atoms with Gasteiger partial charge in [-0.1, -0.05) is 47.7 Å². The van der Waals surface area contributed by atoms with E-state index in [0.717, 1.165) is 24.1 Å². The Morgan fingerprint density at radius 2 is 1.97 bits per heavy atom. The molecule has 0 spiro atoms. The number of ether oxygens (including phenoxy) is 2. The van der Waals surface area contributed by atoms with Crippen molar-refractivity contribution >= 4 is 11.7 Å². The van der Waals surface area contributed by atoms with Crippen molar-refractivity contribution in [3.8, 4) is 17.0 Å². The topological polar surface area (TPSA) is 111 Å². The van der Waals surface area contributed by atoms with Crippen LogP contribution in [-0.2, 0) is 11.3 Å². The van der Waals surface area contributed by atoms with Gasteiger partial charge in [-0.3, -0.25) is 4.68 Å². The summed E-state index contributed by atoms with van der Waals surface area (Å²) in [6.07, 6.45) is 3.66. The molecular formula is C24H29N5O4. The van der Waals surface area contributed by atoms with E-state index in [9.17, 15) is 9.90 Å². The van der Waals surface area contributed by atoms with E-state index < -0.39 is 6.10 Å². The van der Waals surface area contributed by atoms with Gasteiger partial charge in [0.2, 0.25) is 0 Å². The van der Waals surface area contributed by atoms with Gasteiger partial charge in [-0.2, -0.15) is 0 Å². The SMILES string of the molecule is COc1ccccc1NC(=O)N[C@@H]1CC[C@@H](CCn2cc(-c3ccccc3)nn2)O[C@H]1CO. The molecule has 9 nitrogen and oxygen atoms in total. The van der Waals surface area contributed by atoms with Crippen LogP contribution in [0.15, 0.2) is 60.8 Å². The van der Waals surface area contributed by atoms with Gasteiger partial charge in [0.05, 0.1) is 37.7 Å². The van der Waals surface area contributed by atoms with Crippen LogP contribution < -0.4 is 15.4 Å². The number of aliphatic hydroxyl groups excluding tert-OH is 1. The molecule has 1 aliphatic rings. The molecule has 3 aromatic rings. The zero-order chi connectivity index (χ0) is 23.0. The van der Waals surface area contributed by atoms with E-state index in [1.54, 1.807) is 19.2 Å². The summed E-state index contributed by atoms with van der Waals surface area (Å²) in [6, 6.07) is 16.5. The molecule has 1 aliphatic heterocycles. The van der Waals surface area contributed by atoms with E-state index in [2.05, 4.69) is 20.9 Å². The summed E-state index contributed by atoms with van der Waals surface area (Å²) in [7, 11) is 1.55. The summed E-state index contributed by atoms with van der Waals surface area (Å²) < 4.78 is 13.2. The van der Waals surface area contributed by atoms with Crippen LogP contribution in [-0.4, -0.2) is 58.1 Å². The number of benzene rings is 2. The number of amides is 2. The molecule has 0 bridgehead atoms. The molecule has 2 heterocycles. The average Bonchev–Trinajstić information content (AvgIpc) is 3.33. The number of rotatable bonds is 8. The van der Waals surface area contributed by atoms with Crippen molar-refractivity contribution in [1.29, 1.82) is 0 Å². The smallest absolute Gasteiger partial charge is 0.319 e. The summed E-state index contributed by atoms with van der Waals surface area (Å²) >= 11 is 0. The second-order valence-corrected chi connectivity index (χ2v) is 7.98. The Morgan fingerprint density at radius 1 is 1.18 bits per heavy atom. The van der Waals surface area contributed by atoms with Crippen molar-refractivity contribution in [2.45, 2.75) is 44.1 Å². The number of nitrogens with zero attached hydrogens (tertiary/aromatic N) is 3. The van der Waals surface area contributed by atoms with E-state index >= 15 is 0 Å². The highest BCUT2D eigenvalue weighted by Gasteiger charge is 2.32. The van der Waals surface area contributed by atoms with Crippen LogP contribution >= 0.6 is 0 Å². The van der Waals surface area contributed by atoms with Gasteiger partial charge < -0.3 is 25.2 Å². The number of hydrogen-bond acceptors (Lipinski definition) is 6. The second kappa shape index (κ2) is 10.9. The second-order valence-electron chi connectivity index (χ2n) is 7.98. The van der Waals surface area contributed by atoms with Gasteiger partial charge in [0, 0.05) is 12.1 Å². The Balaban J connectivity index is 1.27. The zero-order valence-electron chi connectivity index (χ0n) is 18.6. The first kappa shape index (κ1) is 22.8. The van der Waals surface area contributed by atoms with Gasteiger partial charge >= 0.3 is 6.03 Å². The van der Waals surface area contributed by atoms with Crippen molar-refractivity contribution in [1.82, 2.24) is 20.3 Å². The highest BCUT2D eigenvalue weighted by atomic mass is 16.5. The first-order chi connectivity index (χ1) is 16.2. The third-order valence-corrected chi connectivity index (χ3v) is 5.76. The maximum Gasteiger partial charge on any atom is 0.319 e. The van der Waals surface area contributed by atoms with Gasteiger partial charge in [-0.15, -0.1) is 5.10 Å². The van der Waals surface area contributed by atoms with Crippen molar-refractivity contribution < 1.29 is 19.4 Å². The summed E-state index contributed by atoms with van der Waals surface area (Å²) in [5.41, 5.74) is 2.44. The Hall–Kier alpha value is -3.43. The Morgan fingerprint density at radius 3 is 2.76 bits per heavy atom. The molecule has 0 radical (unpaired) electrons. The number of aryl methyl sites for hydroxylation is 1. The van der Waals surface area contributed by atoms with Crippen LogP contribution in [0, 0.1) is 0 Å². The lowest BCUT2D eigenvalue weighted by Crippen LogP contribution is -2.52. The Bertz CT molecular complexity index is 1040. The first-order valence-electron chi connectivity index (χ1n) is 11.1. The molecule has 2 aromatic carbocycles. The van der Waals surface area contributed by atoms with Crippen LogP contribution in [0.3, 0.4) is 0 Å². The number of methoxy groups -OCH3 is 1. The lowest BCUT2D eigenvalue weighted by Gasteiger charge is -2.36. The number of urea groups is 1. The van der Waals surface area contributed by atoms with E-state index in [1.165, 1.54) is 0 Å². The average molecular weight is 452 g/mol. The normalized spacial score (nSPS) is 20.2. The lowest BCUT2D eigenvalue weighted by atomic mass is 9.97. The van der Waals surface area contributed by atoms with Crippen LogP contribution in [0.25, 0.3) is 11.3 Å². The summed E-state index contributed by atoms with van der Waals surface area (Å²) in [4.78, 5) is 12.5. The summed E-state index contributed by atoms with van der Waals surface area (Å²) in [6.45, 7) is 0.493. The quantitative estimate of drug-likeness (QED) is 0.486. The Labute approximate surface area is 192 Å². The molecule has 2 amide bonds. The van der Waals surface area contributed by atoms with Crippen molar-refractivity contribution in [2.24, 2.45) is 0 Å². The number of carbonyl (C=O) groups is 1. The molecular weight excluding hydrogens is 422 g/mol. The predicted octanol–water partition coefficient (Wildman–Crippen LogP) is 3.07. The minimum Gasteiger partial charge on any atom is -0.495 e. The molecule has 1 saturated heterocycles. The molecule has 0 aliphatic carbocycles. The van der Waals surface area contributed by atoms with E-state index in [-0.39, 0.29) is 24.8 Å². The monoisotopic (exact) mass is 451 g/mol. The third-order valence-electron chi connectivity index (χ3n) is 5.76. The molecule has 4 rings (SSSR count). The third kappa shape index (κ3) is 5.88. The van der Waals surface area contributed by atoms with E-state index in [4.69, 9.17) is 9.47 Å². The number of hydrogen-bond donors (Lipinski definition) is 3. The molecule has 0 unspecified atom stereocenters. The fourth-order valence-corrected chi connectivity index (χ4v) is 4.01. The number of aromatic nitrogens is 3. The van der Waals surface area contributed by atoms with Crippen molar-refractivity contribution in [3.63, 3.8) is 0 Å². The number of carbonyl (C=O) groups excluding carboxylic acids is 1. The zero-order valence-corrected chi connectivity index (χ0v) is 18.6. The summed E-state index contributed by atoms with van der Waals surface area (Å²) in [5.74, 6) is 0.579. The maximum atomic E-state index is 12.5. The summed E-state index contributed by atoms with van der Waals surface area (Å²) in [5, 5.41) is 24.0. The standard InChI is InChI=1S/C24H29N5O4/c1-32-22-10-6-5-9-19(22)25-24(31)26-20-12-11-18(33-23(20)16-30)13-14-29-15-21(27-28-29)17-7-3-2-4-8-17/h2-10,15,18,20,23,30H,11-14,16H2,1H3,(H2,25,26,31)/t18-,20+,23-/m0/s1. The van der Waals surface area contributed by atoms with Gasteiger partial charge in [0.25, 0.3) is 0 Å². The minimum atomic E-state index is -0.470. The van der Waals surface area contributed by atoms with Gasteiger partial charge in [-0.25, -0.2) is 4.79 Å². The van der Waals surface area contributed by atoms with Crippen LogP contribution in [0.2, 0.25) is 0 Å². The molecule has 9 heteroatoms. The van der Waals surface area contributed by atoms with Gasteiger partial charge in [-0.05, 0) is 31.4 Å². The maximum absolute atomic E-state index is 12.5. The first-order valence-corrected chi connectivity index (χ1v) is 11.1. The van der Waals surface area contributed by atoms with Gasteiger partial charge in [0.15, 0.2) is 0 Å². The van der Waals surface area contributed by atoms with Crippen LogP contribution in [0.4, 0.5) is 10.5 Å². The fraction of sp³-hybridized carbons (Fsp3) is 0.375. The molecule has 33 heavy (non-hydrogen) atoms. The van der Waals surface area contributed by atoms with Crippen molar-refractivity contribution in [3.05, 3.63) is 60.8 Å². The van der Waals surface area contributed by atoms with Crippen LogP contribution in [0.5, 0.6) is 5.75 Å². The predicted molar refractivity (Wildman–Crippen MR) is 124 cm³/mol. The van der Waals surface area contributed by atoms with Gasteiger partial charge in [0.1, 0.15) is 17.5 Å². The molecule has 3 N–H and O–H groups in total. The minimum absolute atomic E-state index is 0.0261. The largest absolute Gasteiger partial charge is 0.495 e. The number of aliphatic hydroxyl groups is 1. The molecule has 1 fully saturated rings. The highest BCUT2D eigenvalue weighted by molar-refractivity contribution is 5.91. The molecule has 1 aromatic heterocycles.